The molecule has 1 amide bonds. The van der Waals surface area contributed by atoms with Gasteiger partial charge in [0.25, 0.3) is 0 Å². The number of carbonyl (C=O) groups is 1. The lowest BCUT2D eigenvalue weighted by atomic mass is 10.2. The van der Waals surface area contributed by atoms with Gasteiger partial charge in [-0.3, -0.25) is 4.79 Å². The van der Waals surface area contributed by atoms with Crippen LogP contribution in [0.1, 0.15) is 12.8 Å². The lowest BCUT2D eigenvalue weighted by Crippen LogP contribution is -2.14. The minimum absolute atomic E-state index is 0.0617. The van der Waals surface area contributed by atoms with Crippen LogP contribution in [0, 0.1) is 0 Å². The number of nitrogens with one attached hydrogen (secondary N) is 1. The van der Waals surface area contributed by atoms with Gasteiger partial charge in [0.05, 0.1) is 17.8 Å². The average Bonchev–Trinajstić information content (AvgIpc) is 3.40. The van der Waals surface area contributed by atoms with Crippen LogP contribution < -0.4 is 10.1 Å². The van der Waals surface area contributed by atoms with Gasteiger partial charge in [-0.25, -0.2) is 13.4 Å². The molecule has 10 heteroatoms. The summed E-state index contributed by atoms with van der Waals surface area (Å²) in [5, 5.41) is 6.30. The predicted octanol–water partition coefficient (Wildman–Crippen LogP) is 5.41. The van der Waals surface area contributed by atoms with E-state index < -0.39 is 9.84 Å². The highest BCUT2D eigenvalue weighted by molar-refractivity contribution is 7.91. The predicted molar refractivity (Wildman–Crippen MR) is 125 cm³/mol. The SMILES string of the molecule is COc1ccc2cc(-c3csc(NC(=O)CCCS(=O)(=O)c4ccc(Cl)cc4)n3)oc2c1. The minimum atomic E-state index is -3.47. The van der Waals surface area contributed by atoms with Crippen LogP contribution in [0.5, 0.6) is 5.75 Å². The molecular formula is C22H19ClN2O5S2. The van der Waals surface area contributed by atoms with E-state index in [1.54, 1.807) is 18.6 Å². The molecule has 0 aliphatic rings. The Balaban J connectivity index is 1.34. The number of fused-ring (bicyclic) bond motifs is 1. The van der Waals surface area contributed by atoms with E-state index in [0.717, 1.165) is 5.39 Å². The molecule has 0 aliphatic heterocycles. The summed E-state index contributed by atoms with van der Waals surface area (Å²) in [7, 11) is -1.88. The second-order valence-electron chi connectivity index (χ2n) is 6.98. The topological polar surface area (TPSA) is 98.5 Å². The summed E-state index contributed by atoms with van der Waals surface area (Å²) in [5.41, 5.74) is 1.28. The van der Waals surface area contributed by atoms with Gasteiger partial charge in [0, 0.05) is 28.3 Å². The highest BCUT2D eigenvalue weighted by Gasteiger charge is 2.16. The van der Waals surface area contributed by atoms with E-state index in [1.807, 2.05) is 18.2 Å². The van der Waals surface area contributed by atoms with E-state index in [9.17, 15) is 13.2 Å². The average molecular weight is 491 g/mol. The van der Waals surface area contributed by atoms with Crippen LogP contribution in [0.4, 0.5) is 5.13 Å². The quantitative estimate of drug-likeness (QED) is 0.354. The van der Waals surface area contributed by atoms with Gasteiger partial charge >= 0.3 is 0 Å². The minimum Gasteiger partial charge on any atom is -0.497 e. The number of furan rings is 1. The zero-order valence-electron chi connectivity index (χ0n) is 17.0. The third-order valence-electron chi connectivity index (χ3n) is 4.72. The van der Waals surface area contributed by atoms with E-state index in [4.69, 9.17) is 20.8 Å². The number of hydrogen-bond donors (Lipinski definition) is 1. The Morgan fingerprint density at radius 3 is 2.72 bits per heavy atom. The van der Waals surface area contributed by atoms with E-state index in [-0.39, 0.29) is 29.4 Å². The Kier molecular flexibility index (Phi) is 6.50. The molecule has 7 nitrogen and oxygen atoms in total. The van der Waals surface area contributed by atoms with Crippen LogP contribution in [0.15, 0.2) is 63.2 Å². The van der Waals surface area contributed by atoms with Crippen LogP contribution in [-0.4, -0.2) is 32.2 Å². The Morgan fingerprint density at radius 2 is 1.97 bits per heavy atom. The first-order valence-corrected chi connectivity index (χ1v) is 12.6. The van der Waals surface area contributed by atoms with Crippen molar-refractivity contribution in [1.82, 2.24) is 4.98 Å². The molecule has 32 heavy (non-hydrogen) atoms. The first kappa shape index (κ1) is 22.3. The maximum absolute atomic E-state index is 12.4. The molecule has 0 spiro atoms. The fraction of sp³-hybridized carbons (Fsp3) is 0.182. The summed E-state index contributed by atoms with van der Waals surface area (Å²) < 4.78 is 35.8. The van der Waals surface area contributed by atoms with Gasteiger partial charge in [0.2, 0.25) is 5.91 Å². The fourth-order valence-corrected chi connectivity index (χ4v) is 5.23. The third-order valence-corrected chi connectivity index (χ3v) is 7.55. The number of carbonyl (C=O) groups excluding carboxylic acids is 1. The van der Waals surface area contributed by atoms with Gasteiger partial charge in [-0.05, 0) is 48.9 Å². The van der Waals surface area contributed by atoms with Gasteiger partial charge in [-0.15, -0.1) is 11.3 Å². The highest BCUT2D eigenvalue weighted by atomic mass is 35.5. The molecule has 1 N–H and O–H groups in total. The monoisotopic (exact) mass is 490 g/mol. The fourth-order valence-electron chi connectivity index (χ4n) is 3.07. The van der Waals surface area contributed by atoms with E-state index >= 15 is 0 Å². The summed E-state index contributed by atoms with van der Waals surface area (Å²) >= 11 is 7.06. The summed E-state index contributed by atoms with van der Waals surface area (Å²) in [6.45, 7) is 0. The number of aromatic nitrogens is 1. The number of halogens is 1. The number of ether oxygens (including phenoxy) is 1. The van der Waals surface area contributed by atoms with Crippen LogP contribution >= 0.6 is 22.9 Å². The van der Waals surface area contributed by atoms with Crippen molar-refractivity contribution in [3.8, 4) is 17.2 Å². The van der Waals surface area contributed by atoms with Gasteiger partial charge in [0.1, 0.15) is 17.0 Å². The van der Waals surface area contributed by atoms with Gasteiger partial charge in [-0.1, -0.05) is 11.6 Å². The van der Waals surface area contributed by atoms with Crippen molar-refractivity contribution < 1.29 is 22.4 Å². The molecule has 0 fully saturated rings. The molecular weight excluding hydrogens is 472 g/mol. The lowest BCUT2D eigenvalue weighted by Gasteiger charge is -2.05. The number of rotatable bonds is 8. The number of nitrogens with zero attached hydrogens (tertiary/aromatic N) is 1. The van der Waals surface area contributed by atoms with Crippen LogP contribution in [-0.2, 0) is 14.6 Å². The standard InChI is InChI=1S/C22H19ClN2O5S2/c1-29-16-7-4-14-11-20(30-19(14)12-16)18-13-31-22(24-18)25-21(26)3-2-10-32(27,28)17-8-5-15(23)6-9-17/h4-9,11-13H,2-3,10H2,1H3,(H,24,25,26). The molecule has 0 bridgehead atoms. The van der Waals surface area contributed by atoms with Crippen molar-refractivity contribution in [2.24, 2.45) is 0 Å². The number of anilines is 1. The Bertz CT molecular complexity index is 1360. The molecule has 2 heterocycles. The van der Waals surface area contributed by atoms with Crippen LogP contribution in [0.25, 0.3) is 22.4 Å². The molecule has 4 rings (SSSR count). The maximum Gasteiger partial charge on any atom is 0.226 e. The Hall–Kier alpha value is -2.88. The van der Waals surface area contributed by atoms with E-state index in [1.165, 1.54) is 35.6 Å². The van der Waals surface area contributed by atoms with E-state index in [0.29, 0.717) is 32.9 Å². The number of benzene rings is 2. The molecule has 166 valence electrons. The van der Waals surface area contributed by atoms with Crippen molar-refractivity contribution in [3.05, 3.63) is 58.9 Å². The largest absolute Gasteiger partial charge is 0.497 e. The molecule has 2 aromatic carbocycles. The second kappa shape index (κ2) is 9.32. The Morgan fingerprint density at radius 1 is 1.19 bits per heavy atom. The molecule has 0 radical (unpaired) electrons. The van der Waals surface area contributed by atoms with Crippen molar-refractivity contribution in [1.29, 1.82) is 0 Å². The smallest absolute Gasteiger partial charge is 0.226 e. The molecule has 0 aliphatic carbocycles. The summed E-state index contributed by atoms with van der Waals surface area (Å²) in [4.78, 5) is 16.8. The number of thiazole rings is 1. The van der Waals surface area contributed by atoms with Gasteiger partial charge < -0.3 is 14.5 Å². The number of sulfone groups is 1. The summed E-state index contributed by atoms with van der Waals surface area (Å²) in [6, 6.07) is 13.4. The normalized spacial score (nSPS) is 11.6. The second-order valence-corrected chi connectivity index (χ2v) is 10.4. The molecule has 0 unspecified atom stereocenters. The molecule has 2 aromatic heterocycles. The lowest BCUT2D eigenvalue weighted by molar-refractivity contribution is -0.116. The molecule has 0 saturated carbocycles. The van der Waals surface area contributed by atoms with Crippen molar-refractivity contribution >= 4 is 54.8 Å². The summed E-state index contributed by atoms with van der Waals surface area (Å²) in [5.74, 6) is 0.849. The summed E-state index contributed by atoms with van der Waals surface area (Å²) in [6.07, 6.45) is 0.257. The van der Waals surface area contributed by atoms with Gasteiger partial charge in [0.15, 0.2) is 20.7 Å². The van der Waals surface area contributed by atoms with Crippen LogP contribution in [0.2, 0.25) is 5.02 Å². The Labute approximate surface area is 193 Å². The highest BCUT2D eigenvalue weighted by Crippen LogP contribution is 2.32. The zero-order chi connectivity index (χ0) is 22.7. The van der Waals surface area contributed by atoms with Crippen LogP contribution in [0.3, 0.4) is 0 Å². The third kappa shape index (κ3) is 5.12. The number of amides is 1. The van der Waals surface area contributed by atoms with E-state index in [2.05, 4.69) is 10.3 Å². The first-order valence-electron chi connectivity index (χ1n) is 9.66. The van der Waals surface area contributed by atoms with Gasteiger partial charge in [-0.2, -0.15) is 0 Å². The van der Waals surface area contributed by atoms with Crippen molar-refractivity contribution in [2.75, 3.05) is 18.2 Å². The number of methoxy groups -OCH3 is 1. The van der Waals surface area contributed by atoms with Crippen molar-refractivity contribution in [3.63, 3.8) is 0 Å². The molecule has 4 aromatic rings. The van der Waals surface area contributed by atoms with Crippen molar-refractivity contribution in [2.45, 2.75) is 17.7 Å². The zero-order valence-corrected chi connectivity index (χ0v) is 19.4. The molecule has 0 saturated heterocycles. The molecule has 0 atom stereocenters. The number of hydrogen-bond acceptors (Lipinski definition) is 7. The first-order chi connectivity index (χ1) is 15.3. The maximum atomic E-state index is 12.4.